The first-order chi connectivity index (χ1) is 13.7. The third-order valence-electron chi connectivity index (χ3n) is 3.48. The first kappa shape index (κ1) is 25.1. The van der Waals surface area contributed by atoms with Crippen molar-refractivity contribution < 1.29 is 27.2 Å². The Balaban J connectivity index is 2.28. The van der Waals surface area contributed by atoms with Crippen molar-refractivity contribution in [1.29, 1.82) is 0 Å². The first-order valence-electron chi connectivity index (χ1n) is 7.36. The fourth-order valence-electron chi connectivity index (χ4n) is 1.92. The van der Waals surface area contributed by atoms with Crippen molar-refractivity contribution >= 4 is 92.8 Å². The van der Waals surface area contributed by atoms with E-state index in [-0.39, 0.29) is 30.1 Å². The predicted octanol–water partition coefficient (Wildman–Crippen LogP) is 7.45. The van der Waals surface area contributed by atoms with Crippen LogP contribution in [-0.2, 0) is 9.59 Å². The van der Waals surface area contributed by atoms with Gasteiger partial charge in [-0.25, -0.2) is 0 Å². The molecule has 0 aliphatic carbocycles. The fraction of sp³-hybridized carbons (Fsp3) is 0.125. The number of halogens is 10. The topological polar surface area (TPSA) is 58.2 Å². The van der Waals surface area contributed by atoms with Gasteiger partial charge in [-0.3, -0.25) is 9.59 Å². The van der Waals surface area contributed by atoms with Crippen LogP contribution in [0.4, 0.5) is 28.9 Å². The van der Waals surface area contributed by atoms with E-state index >= 15 is 0 Å². The number of carbonyl (C=O) groups is 2. The average Bonchev–Trinajstić information content (AvgIpc) is 2.63. The molecule has 0 aromatic heterocycles. The molecule has 0 saturated heterocycles. The maximum atomic E-state index is 14.2. The van der Waals surface area contributed by atoms with E-state index in [2.05, 4.69) is 0 Å². The molecule has 0 spiro atoms. The highest BCUT2D eigenvalue weighted by Gasteiger charge is 2.67. The van der Waals surface area contributed by atoms with Gasteiger partial charge in [-0.05, 0) is 24.3 Å². The third-order valence-corrected chi connectivity index (χ3v) is 5.55. The molecule has 0 aliphatic heterocycles. The van der Waals surface area contributed by atoms with Gasteiger partial charge < -0.3 is 10.6 Å². The van der Waals surface area contributed by atoms with Crippen LogP contribution in [0.1, 0.15) is 0 Å². The molecule has 0 bridgehead atoms. The summed E-state index contributed by atoms with van der Waals surface area (Å²) in [4.78, 5) is 23.7. The number of alkyl halides is 4. The number of amides is 2. The second-order valence-electron chi connectivity index (χ2n) is 5.55. The standard InChI is InChI=1S/C16H6Cl6F4N2O2/c17-5-1-9(21)11(3-7(5)19)27-13(29)15(23,24)16(25,26)14(30)28-12-4-8(20)6(18)2-10(12)22/h1-4H,(H,27,29)(H,28,30). The van der Waals surface area contributed by atoms with E-state index in [1.807, 2.05) is 0 Å². The Hall–Kier alpha value is -1.16. The van der Waals surface area contributed by atoms with Gasteiger partial charge in [-0.2, -0.15) is 17.6 Å². The van der Waals surface area contributed by atoms with E-state index in [1.165, 1.54) is 10.6 Å². The molecule has 162 valence electrons. The maximum Gasteiger partial charge on any atom is 0.396 e. The zero-order valence-electron chi connectivity index (χ0n) is 13.9. The zero-order chi connectivity index (χ0) is 23.0. The van der Waals surface area contributed by atoms with Crippen LogP contribution in [0.25, 0.3) is 0 Å². The molecule has 2 aromatic rings. The van der Waals surface area contributed by atoms with Crippen LogP contribution >= 0.6 is 69.6 Å². The van der Waals surface area contributed by atoms with Gasteiger partial charge >= 0.3 is 23.7 Å². The van der Waals surface area contributed by atoms with Crippen LogP contribution in [0.2, 0.25) is 30.1 Å². The van der Waals surface area contributed by atoms with Gasteiger partial charge in [0.1, 0.15) is 0 Å². The molecule has 14 heteroatoms. The molecule has 0 heterocycles. The minimum atomic E-state index is -5.50. The van der Waals surface area contributed by atoms with Crippen LogP contribution in [0.15, 0.2) is 24.3 Å². The van der Waals surface area contributed by atoms with Crippen molar-refractivity contribution in [3.05, 3.63) is 54.4 Å². The van der Waals surface area contributed by atoms with Crippen molar-refractivity contribution in [2.45, 2.75) is 11.8 Å². The molecule has 0 radical (unpaired) electrons. The molecule has 0 unspecified atom stereocenters. The summed E-state index contributed by atoms with van der Waals surface area (Å²) in [5.41, 5.74) is -1.06. The van der Waals surface area contributed by atoms with E-state index in [0.29, 0.717) is 0 Å². The molecule has 0 saturated carbocycles. The molecule has 2 N–H and O–H groups in total. The molecule has 0 atom stereocenters. The number of benzene rings is 2. The number of anilines is 2. The lowest BCUT2D eigenvalue weighted by atomic mass is 10.1. The summed E-state index contributed by atoms with van der Waals surface area (Å²) in [5.74, 6) is -16.1. The highest BCUT2D eigenvalue weighted by molar-refractivity contribution is 6.45. The lowest BCUT2D eigenvalue weighted by molar-refractivity contribution is -0.204. The van der Waals surface area contributed by atoms with Crippen LogP contribution in [0.3, 0.4) is 0 Å². The number of carbonyl (C=O) groups excluding carboxylic acids is 2. The van der Waals surface area contributed by atoms with Gasteiger partial charge in [0.2, 0.25) is 0 Å². The summed E-state index contributed by atoms with van der Waals surface area (Å²) < 4.78 is 56.7. The van der Waals surface area contributed by atoms with Crippen molar-refractivity contribution in [3.8, 4) is 0 Å². The molecule has 0 fully saturated rings. The maximum absolute atomic E-state index is 14.2. The lowest BCUT2D eigenvalue weighted by Gasteiger charge is -2.25. The highest BCUT2D eigenvalue weighted by atomic mass is 35.5. The Morgan fingerprint density at radius 1 is 0.567 bits per heavy atom. The second kappa shape index (κ2) is 9.14. The van der Waals surface area contributed by atoms with E-state index in [4.69, 9.17) is 69.6 Å². The molecular formula is C16H6Cl6F4N2O2. The minimum absolute atomic E-state index is 0.0744. The molecular weight excluding hydrogens is 541 g/mol. The van der Waals surface area contributed by atoms with Gasteiger partial charge in [0, 0.05) is 0 Å². The molecule has 2 aromatic carbocycles. The Bertz CT molecular complexity index is 954. The van der Waals surface area contributed by atoms with Gasteiger partial charge in [0.15, 0.2) is 0 Å². The Morgan fingerprint density at radius 2 is 0.833 bits per heavy atom. The van der Waals surface area contributed by atoms with Crippen LogP contribution < -0.4 is 10.6 Å². The van der Waals surface area contributed by atoms with Gasteiger partial charge in [-0.15, -0.1) is 0 Å². The normalized spacial score (nSPS) is 11.9. The van der Waals surface area contributed by atoms with Crippen LogP contribution in [-0.4, -0.2) is 23.7 Å². The van der Waals surface area contributed by atoms with Crippen LogP contribution in [0, 0.1) is 0 Å². The van der Waals surface area contributed by atoms with Crippen molar-refractivity contribution in [2.24, 2.45) is 0 Å². The van der Waals surface area contributed by atoms with Gasteiger partial charge in [0.25, 0.3) is 0 Å². The highest BCUT2D eigenvalue weighted by Crippen LogP contribution is 2.39. The van der Waals surface area contributed by atoms with E-state index in [1.54, 1.807) is 0 Å². The number of nitrogens with one attached hydrogen (secondary N) is 2. The summed E-state index contributed by atoms with van der Waals surface area (Å²) in [6, 6.07) is 3.73. The van der Waals surface area contributed by atoms with Crippen LogP contribution in [0.5, 0.6) is 0 Å². The van der Waals surface area contributed by atoms with E-state index in [9.17, 15) is 27.2 Å². The van der Waals surface area contributed by atoms with Gasteiger partial charge in [0.05, 0.1) is 41.5 Å². The fourth-order valence-corrected chi connectivity index (χ4v) is 3.11. The van der Waals surface area contributed by atoms with E-state index in [0.717, 1.165) is 24.3 Å². The van der Waals surface area contributed by atoms with E-state index < -0.39 is 35.0 Å². The molecule has 4 nitrogen and oxygen atoms in total. The van der Waals surface area contributed by atoms with Crippen molar-refractivity contribution in [2.75, 3.05) is 10.6 Å². The molecule has 2 rings (SSSR count). The average molecular weight is 547 g/mol. The summed E-state index contributed by atoms with van der Waals surface area (Å²) in [6.07, 6.45) is 0. The summed E-state index contributed by atoms with van der Waals surface area (Å²) in [6.45, 7) is 0. The monoisotopic (exact) mass is 544 g/mol. The molecule has 0 aliphatic rings. The Kier molecular flexibility index (Phi) is 7.65. The Labute approximate surface area is 196 Å². The summed E-state index contributed by atoms with van der Waals surface area (Å²) in [5, 5.41) is 1.71. The smallest absolute Gasteiger partial charge is 0.319 e. The largest absolute Gasteiger partial charge is 0.396 e. The quantitative estimate of drug-likeness (QED) is 0.302. The summed E-state index contributed by atoms with van der Waals surface area (Å²) in [7, 11) is 0. The van der Waals surface area contributed by atoms with Crippen molar-refractivity contribution in [3.63, 3.8) is 0 Å². The number of rotatable bonds is 5. The predicted molar refractivity (Wildman–Crippen MR) is 110 cm³/mol. The second-order valence-corrected chi connectivity index (χ2v) is 7.99. The molecule has 30 heavy (non-hydrogen) atoms. The zero-order valence-corrected chi connectivity index (χ0v) is 18.4. The lowest BCUT2D eigenvalue weighted by Crippen LogP contribution is -2.56. The minimum Gasteiger partial charge on any atom is -0.319 e. The SMILES string of the molecule is O=C(Nc1cc(Cl)c(Cl)cc1Cl)C(F)(F)C(F)(F)C(=O)Nc1cc(Cl)c(Cl)cc1Cl. The molecule has 2 amide bonds. The summed E-state index contributed by atoms with van der Waals surface area (Å²) >= 11 is 34.1. The van der Waals surface area contributed by atoms with Crippen molar-refractivity contribution in [1.82, 2.24) is 0 Å². The number of hydrogen-bond donors (Lipinski definition) is 2. The third kappa shape index (κ3) is 5.00. The number of hydrogen-bond acceptors (Lipinski definition) is 2. The van der Waals surface area contributed by atoms with Gasteiger partial charge in [-0.1, -0.05) is 69.6 Å². The Morgan fingerprint density at radius 3 is 1.13 bits per heavy atom. The first-order valence-corrected chi connectivity index (χ1v) is 9.63.